The van der Waals surface area contributed by atoms with E-state index < -0.39 is 5.82 Å². The van der Waals surface area contributed by atoms with Gasteiger partial charge < -0.3 is 9.84 Å². The number of fused-ring (bicyclic) bond motifs is 2. The van der Waals surface area contributed by atoms with Gasteiger partial charge in [0.25, 0.3) is 5.56 Å². The van der Waals surface area contributed by atoms with Crippen LogP contribution in [0.3, 0.4) is 0 Å². The summed E-state index contributed by atoms with van der Waals surface area (Å²) in [6.45, 7) is 0.513. The van der Waals surface area contributed by atoms with E-state index in [2.05, 4.69) is 5.10 Å². The van der Waals surface area contributed by atoms with Crippen molar-refractivity contribution in [2.75, 3.05) is 6.61 Å². The molecule has 0 spiro atoms. The molecular formula is C14H10FN3O3. The summed E-state index contributed by atoms with van der Waals surface area (Å²) < 4.78 is 21.9. The van der Waals surface area contributed by atoms with Crippen LogP contribution < -0.4 is 10.3 Å². The topological polar surface area (TPSA) is 69.3 Å². The Kier molecular flexibility index (Phi) is 2.32. The lowest BCUT2D eigenvalue weighted by atomic mass is 10.2. The van der Waals surface area contributed by atoms with Crippen molar-refractivity contribution >= 4 is 11.0 Å². The molecule has 1 aromatic carbocycles. The number of hydrogen-bond donors (Lipinski definition) is 1. The average molecular weight is 287 g/mol. The highest BCUT2D eigenvalue weighted by atomic mass is 19.1. The van der Waals surface area contributed by atoms with E-state index in [0.717, 1.165) is 6.07 Å². The molecule has 0 aliphatic carbocycles. The summed E-state index contributed by atoms with van der Waals surface area (Å²) in [6.07, 6.45) is 1.47. The maximum Gasteiger partial charge on any atom is 0.256 e. The van der Waals surface area contributed by atoms with E-state index >= 15 is 0 Å². The van der Waals surface area contributed by atoms with Gasteiger partial charge in [-0.15, -0.1) is 0 Å². The van der Waals surface area contributed by atoms with Gasteiger partial charge in [-0.1, -0.05) is 0 Å². The van der Waals surface area contributed by atoms with Crippen LogP contribution in [0.5, 0.6) is 11.5 Å². The van der Waals surface area contributed by atoms with E-state index in [4.69, 9.17) is 4.74 Å². The molecule has 3 aromatic rings. The Morgan fingerprint density at radius 2 is 2.19 bits per heavy atom. The summed E-state index contributed by atoms with van der Waals surface area (Å²) in [6, 6.07) is 5.25. The molecule has 1 aliphatic rings. The van der Waals surface area contributed by atoms with Gasteiger partial charge in [-0.2, -0.15) is 5.10 Å². The van der Waals surface area contributed by atoms with Gasteiger partial charge in [0, 0.05) is 12.1 Å². The standard InChI is InChI=1S/C14H10FN3O3/c15-8-1-2-10-12(5-8)21-4-3-17-13(20)6-11(19)9-7-16-18(10)14(9)17/h1-2,5-7,19H,3-4H2. The number of aromatic nitrogens is 3. The predicted octanol–water partition coefficient (Wildman–Crippen LogP) is 1.42. The van der Waals surface area contributed by atoms with Crippen molar-refractivity contribution < 1.29 is 14.2 Å². The van der Waals surface area contributed by atoms with E-state index in [1.54, 1.807) is 0 Å². The molecule has 0 saturated carbocycles. The number of nitrogens with zero attached hydrogens (tertiary/aromatic N) is 3. The van der Waals surface area contributed by atoms with Crippen LogP contribution in [0.2, 0.25) is 0 Å². The summed E-state index contributed by atoms with van der Waals surface area (Å²) in [7, 11) is 0. The van der Waals surface area contributed by atoms with Crippen LogP contribution in [0.4, 0.5) is 4.39 Å². The molecule has 0 amide bonds. The van der Waals surface area contributed by atoms with Gasteiger partial charge in [-0.3, -0.25) is 9.36 Å². The van der Waals surface area contributed by atoms with Crippen LogP contribution in [0, 0.1) is 5.82 Å². The Balaban J connectivity index is 2.16. The first-order valence-electron chi connectivity index (χ1n) is 6.38. The lowest BCUT2D eigenvalue weighted by Crippen LogP contribution is -2.26. The number of aromatic hydroxyl groups is 1. The molecule has 0 saturated heterocycles. The van der Waals surface area contributed by atoms with Crippen molar-refractivity contribution in [1.82, 2.24) is 14.3 Å². The third-order valence-corrected chi connectivity index (χ3v) is 3.52. The van der Waals surface area contributed by atoms with Crippen LogP contribution >= 0.6 is 0 Å². The molecule has 1 aliphatic heterocycles. The van der Waals surface area contributed by atoms with Crippen LogP contribution in [-0.2, 0) is 6.54 Å². The van der Waals surface area contributed by atoms with Gasteiger partial charge in [-0.25, -0.2) is 9.07 Å². The fourth-order valence-corrected chi connectivity index (χ4v) is 2.58. The van der Waals surface area contributed by atoms with E-state index in [9.17, 15) is 14.3 Å². The van der Waals surface area contributed by atoms with Crippen LogP contribution in [0.25, 0.3) is 16.7 Å². The molecule has 0 bridgehead atoms. The number of halogens is 1. The molecule has 2 aromatic heterocycles. The number of pyridine rings is 1. The molecule has 6 nitrogen and oxygen atoms in total. The van der Waals surface area contributed by atoms with Gasteiger partial charge in [0.2, 0.25) is 0 Å². The second kappa shape index (κ2) is 4.08. The minimum Gasteiger partial charge on any atom is -0.507 e. The molecule has 0 fully saturated rings. The maximum atomic E-state index is 13.4. The molecule has 106 valence electrons. The van der Waals surface area contributed by atoms with Gasteiger partial charge >= 0.3 is 0 Å². The number of ether oxygens (including phenoxy) is 1. The van der Waals surface area contributed by atoms with Crippen LogP contribution in [-0.4, -0.2) is 26.1 Å². The fourth-order valence-electron chi connectivity index (χ4n) is 2.58. The summed E-state index contributed by atoms with van der Waals surface area (Å²) in [5.74, 6) is -0.185. The van der Waals surface area contributed by atoms with Crippen molar-refractivity contribution in [2.24, 2.45) is 0 Å². The van der Waals surface area contributed by atoms with E-state index in [0.29, 0.717) is 22.5 Å². The molecule has 1 N–H and O–H groups in total. The molecule has 0 atom stereocenters. The minimum absolute atomic E-state index is 0.123. The molecule has 7 heteroatoms. The van der Waals surface area contributed by atoms with Crippen molar-refractivity contribution in [2.45, 2.75) is 6.54 Å². The zero-order chi connectivity index (χ0) is 14.6. The van der Waals surface area contributed by atoms with Gasteiger partial charge in [0.1, 0.15) is 29.6 Å². The average Bonchev–Trinajstić information content (AvgIpc) is 2.85. The fraction of sp³-hybridized carbons (Fsp3) is 0.143. The van der Waals surface area contributed by atoms with E-state index in [1.165, 1.54) is 33.6 Å². The Labute approximate surface area is 117 Å². The largest absolute Gasteiger partial charge is 0.507 e. The Morgan fingerprint density at radius 1 is 1.33 bits per heavy atom. The zero-order valence-corrected chi connectivity index (χ0v) is 10.8. The summed E-state index contributed by atoms with van der Waals surface area (Å²) >= 11 is 0. The smallest absolute Gasteiger partial charge is 0.256 e. The van der Waals surface area contributed by atoms with Crippen molar-refractivity contribution in [3.63, 3.8) is 0 Å². The number of hydrogen-bond acceptors (Lipinski definition) is 4. The molecule has 4 rings (SSSR count). The first kappa shape index (κ1) is 12.0. The highest BCUT2D eigenvalue weighted by Crippen LogP contribution is 2.30. The summed E-state index contributed by atoms with van der Waals surface area (Å²) in [5, 5.41) is 14.6. The molecule has 0 unspecified atom stereocenters. The van der Waals surface area contributed by atoms with Gasteiger partial charge in [-0.05, 0) is 12.1 Å². The Morgan fingerprint density at radius 3 is 3.05 bits per heavy atom. The van der Waals surface area contributed by atoms with E-state index in [1.807, 2.05) is 0 Å². The molecule has 0 radical (unpaired) electrons. The maximum absolute atomic E-state index is 13.4. The first-order chi connectivity index (χ1) is 10.1. The van der Waals surface area contributed by atoms with E-state index in [-0.39, 0.29) is 24.5 Å². The Hall–Kier alpha value is -2.83. The molecule has 3 heterocycles. The number of rotatable bonds is 0. The van der Waals surface area contributed by atoms with Crippen LogP contribution in [0.15, 0.2) is 35.3 Å². The quantitative estimate of drug-likeness (QED) is 0.679. The second-order valence-electron chi connectivity index (χ2n) is 4.77. The zero-order valence-electron chi connectivity index (χ0n) is 10.8. The summed E-state index contributed by atoms with van der Waals surface area (Å²) in [5.41, 5.74) is 0.650. The summed E-state index contributed by atoms with van der Waals surface area (Å²) in [4.78, 5) is 12.0. The van der Waals surface area contributed by atoms with Crippen LogP contribution in [0.1, 0.15) is 0 Å². The predicted molar refractivity (Wildman–Crippen MR) is 72.4 cm³/mol. The number of benzene rings is 1. The van der Waals surface area contributed by atoms with Gasteiger partial charge in [0.05, 0.1) is 18.1 Å². The second-order valence-corrected chi connectivity index (χ2v) is 4.77. The minimum atomic E-state index is -0.411. The third kappa shape index (κ3) is 1.63. The lowest BCUT2D eigenvalue weighted by molar-refractivity contribution is 0.291. The van der Waals surface area contributed by atoms with Gasteiger partial charge in [0.15, 0.2) is 5.65 Å². The monoisotopic (exact) mass is 287 g/mol. The lowest BCUT2D eigenvalue weighted by Gasteiger charge is -2.18. The highest BCUT2D eigenvalue weighted by molar-refractivity contribution is 5.83. The van der Waals surface area contributed by atoms with Crippen molar-refractivity contribution in [3.8, 4) is 17.2 Å². The highest BCUT2D eigenvalue weighted by Gasteiger charge is 2.20. The Bertz CT molecular complexity index is 929. The SMILES string of the molecule is O=c1cc(O)c2cnn3c2n1CCOc1cc(F)ccc1-3. The molecular weight excluding hydrogens is 277 g/mol. The molecule has 21 heavy (non-hydrogen) atoms. The van der Waals surface area contributed by atoms with Crippen molar-refractivity contribution in [3.05, 3.63) is 46.6 Å². The normalized spacial score (nSPS) is 13.4. The van der Waals surface area contributed by atoms with Crippen molar-refractivity contribution in [1.29, 1.82) is 0 Å². The third-order valence-electron chi connectivity index (χ3n) is 3.52. The first-order valence-corrected chi connectivity index (χ1v) is 6.38.